The molecule has 3 N–H and O–H groups in total. The van der Waals surface area contributed by atoms with Crippen molar-refractivity contribution >= 4 is 38.3 Å². The van der Waals surface area contributed by atoms with Gasteiger partial charge in [-0.3, -0.25) is 0 Å². The van der Waals surface area contributed by atoms with Crippen molar-refractivity contribution in [3.63, 3.8) is 0 Å². The summed E-state index contributed by atoms with van der Waals surface area (Å²) in [5.41, 5.74) is 0.543. The van der Waals surface area contributed by atoms with E-state index in [1.807, 2.05) is 0 Å². The molecule has 0 aliphatic carbocycles. The third kappa shape index (κ3) is 5.13. The fourth-order valence-corrected chi connectivity index (χ4v) is 3.37. The number of hydrogen-bond donors (Lipinski definition) is 3. The molecule has 10 heteroatoms. The molecule has 1 radical (unpaired) electrons. The van der Waals surface area contributed by atoms with Gasteiger partial charge in [0.15, 0.2) is 0 Å². The zero-order valence-electron chi connectivity index (χ0n) is 14.8. The van der Waals surface area contributed by atoms with Crippen LogP contribution in [0.25, 0.3) is 0 Å². The molecule has 0 unspecified atom stereocenters. The molecule has 1 saturated heterocycles. The Hall–Kier alpha value is -1.81. The van der Waals surface area contributed by atoms with Crippen molar-refractivity contribution in [2.24, 2.45) is 4.99 Å². The van der Waals surface area contributed by atoms with Crippen LogP contribution in [0, 0.1) is 0 Å². The van der Waals surface area contributed by atoms with Crippen molar-refractivity contribution in [3.8, 4) is 0 Å². The molecule has 27 heavy (non-hydrogen) atoms. The van der Waals surface area contributed by atoms with E-state index in [2.05, 4.69) is 21.0 Å². The number of carbonyl (C=O) groups excluding carboxylic acids is 2. The third-order valence-electron chi connectivity index (χ3n) is 3.90. The number of esters is 1. The van der Waals surface area contributed by atoms with E-state index in [4.69, 9.17) is 9.47 Å². The molecule has 0 bridgehead atoms. The topological polar surface area (TPSA) is 129 Å². The van der Waals surface area contributed by atoms with Gasteiger partial charge in [-0.2, -0.15) is 0 Å². The fraction of sp³-hybridized carbons (Fsp3) is 0.471. The molecule has 1 fully saturated rings. The van der Waals surface area contributed by atoms with E-state index in [1.54, 1.807) is 30.3 Å². The maximum atomic E-state index is 12.1. The second-order valence-corrected chi connectivity index (χ2v) is 6.67. The third-order valence-corrected chi connectivity index (χ3v) is 4.51. The Bertz CT molecular complexity index is 700. The molecule has 0 spiro atoms. The number of para-hydroxylation sites is 1. The van der Waals surface area contributed by atoms with Crippen LogP contribution in [0.2, 0.25) is 0 Å². The quantitative estimate of drug-likeness (QED) is 0.234. The van der Waals surface area contributed by atoms with Gasteiger partial charge in [-0.1, -0.05) is 0 Å². The molecule has 1 amide bonds. The summed E-state index contributed by atoms with van der Waals surface area (Å²) in [6, 6.07) is 8.70. The second kappa shape index (κ2) is 9.41. The maximum absolute atomic E-state index is 12.1. The number of anilines is 1. The Morgan fingerprint density at radius 3 is 2.37 bits per heavy atom. The zero-order valence-corrected chi connectivity index (χ0v) is 16.5. The minimum absolute atomic E-state index is 0.108. The number of rotatable bonds is 4. The molecular weight excluding hydrogens is 423 g/mol. The first-order valence-corrected chi connectivity index (χ1v) is 9.02. The Morgan fingerprint density at radius 1 is 1.22 bits per heavy atom. The SMILES string of the molecule is CC(=O)O[C@@H]1[C@@H](O)[C@H](O)[C@@H](CO)O[C@H]1/N=C(\[Se])N(C(C)=O)c1ccccc1. The molecule has 5 atom stereocenters. The van der Waals surface area contributed by atoms with E-state index >= 15 is 0 Å². The monoisotopic (exact) mass is 445 g/mol. The van der Waals surface area contributed by atoms with Crippen molar-refractivity contribution < 1.29 is 34.4 Å². The first kappa shape index (κ1) is 21.5. The van der Waals surface area contributed by atoms with Crippen LogP contribution in [-0.2, 0) is 19.1 Å². The standard InChI is InChI=1S/C17H21N2O7Se/c1-9(21)19(11-6-4-3-5-7-11)17(27)18-16-15(25-10(2)22)14(24)13(23)12(8-20)26-16/h3-7,12-16,20,23-24H,8H2,1-2H3/b18-17-/t12-,13-,14+,15-,16-/m1/s1. The van der Waals surface area contributed by atoms with Crippen molar-refractivity contribution in [1.29, 1.82) is 0 Å². The van der Waals surface area contributed by atoms with Gasteiger partial charge in [0.25, 0.3) is 0 Å². The van der Waals surface area contributed by atoms with E-state index in [9.17, 15) is 24.9 Å². The van der Waals surface area contributed by atoms with Crippen LogP contribution in [0.3, 0.4) is 0 Å². The van der Waals surface area contributed by atoms with Crippen LogP contribution >= 0.6 is 0 Å². The number of aliphatic imine (C=N–C) groups is 1. The molecular formula is C17H21N2O7Se. The number of aliphatic hydroxyl groups excluding tert-OH is 3. The van der Waals surface area contributed by atoms with Crippen molar-refractivity contribution in [2.75, 3.05) is 11.5 Å². The van der Waals surface area contributed by atoms with Gasteiger partial charge in [-0.15, -0.1) is 0 Å². The second-order valence-electron chi connectivity index (χ2n) is 5.90. The summed E-state index contributed by atoms with van der Waals surface area (Å²) >= 11 is 2.67. The first-order chi connectivity index (χ1) is 12.8. The first-order valence-electron chi connectivity index (χ1n) is 8.16. The van der Waals surface area contributed by atoms with Crippen LogP contribution < -0.4 is 4.90 Å². The van der Waals surface area contributed by atoms with Gasteiger partial charge in [0, 0.05) is 0 Å². The Labute approximate surface area is 164 Å². The molecule has 1 heterocycles. The molecule has 1 aromatic rings. The number of aliphatic hydroxyl groups is 3. The molecule has 0 saturated carbocycles. The van der Waals surface area contributed by atoms with Crippen molar-refractivity contribution in [1.82, 2.24) is 0 Å². The molecule has 1 aliphatic heterocycles. The van der Waals surface area contributed by atoms with Crippen LogP contribution in [-0.4, -0.2) is 85.2 Å². The van der Waals surface area contributed by atoms with E-state index in [0.29, 0.717) is 5.69 Å². The summed E-state index contributed by atoms with van der Waals surface area (Å²) in [7, 11) is 0. The molecule has 147 valence electrons. The van der Waals surface area contributed by atoms with Crippen molar-refractivity contribution in [3.05, 3.63) is 30.3 Å². The van der Waals surface area contributed by atoms with Crippen LogP contribution in [0.5, 0.6) is 0 Å². The molecule has 1 aromatic carbocycles. The minimum atomic E-state index is -1.52. The molecule has 1 aliphatic rings. The van der Waals surface area contributed by atoms with E-state index in [-0.39, 0.29) is 10.6 Å². The predicted molar refractivity (Wildman–Crippen MR) is 96.1 cm³/mol. The Balaban J connectivity index is 2.37. The number of amides is 1. The number of ether oxygens (including phenoxy) is 2. The van der Waals surface area contributed by atoms with Gasteiger partial charge in [0.2, 0.25) is 0 Å². The summed E-state index contributed by atoms with van der Waals surface area (Å²) < 4.78 is 10.6. The number of carbonyl (C=O) groups is 2. The van der Waals surface area contributed by atoms with Gasteiger partial charge in [0.1, 0.15) is 0 Å². The van der Waals surface area contributed by atoms with Crippen molar-refractivity contribution in [2.45, 2.75) is 44.5 Å². The van der Waals surface area contributed by atoms with Gasteiger partial charge >= 0.3 is 164 Å². The Kier molecular flexibility index (Phi) is 7.49. The average molecular weight is 444 g/mol. The Morgan fingerprint density at radius 2 is 1.85 bits per heavy atom. The summed E-state index contributed by atoms with van der Waals surface area (Å²) in [6.07, 6.45) is -6.67. The normalized spacial score (nSPS) is 28.5. The fourth-order valence-electron chi connectivity index (χ4n) is 2.67. The number of amidine groups is 1. The summed E-state index contributed by atoms with van der Waals surface area (Å²) in [5.74, 6) is -1.04. The van der Waals surface area contributed by atoms with Crippen LogP contribution in [0.1, 0.15) is 13.8 Å². The molecule has 2 rings (SSSR count). The predicted octanol–water partition coefficient (Wildman–Crippen LogP) is -1.07. The van der Waals surface area contributed by atoms with E-state index < -0.39 is 43.2 Å². The number of nitrogens with zero attached hydrogens (tertiary/aromatic N) is 2. The van der Waals surface area contributed by atoms with Gasteiger partial charge < -0.3 is 0 Å². The van der Waals surface area contributed by atoms with Gasteiger partial charge in [-0.05, 0) is 0 Å². The average Bonchev–Trinajstić information content (AvgIpc) is 2.61. The van der Waals surface area contributed by atoms with Gasteiger partial charge in [0.05, 0.1) is 0 Å². The summed E-state index contributed by atoms with van der Waals surface area (Å²) in [5, 5.41) is 29.6. The molecule has 9 nitrogen and oxygen atoms in total. The number of hydrogen-bond acceptors (Lipinski definition) is 8. The zero-order chi connectivity index (χ0) is 20.1. The summed E-state index contributed by atoms with van der Waals surface area (Å²) in [6.45, 7) is 1.91. The van der Waals surface area contributed by atoms with E-state index in [0.717, 1.165) is 6.92 Å². The summed E-state index contributed by atoms with van der Waals surface area (Å²) in [4.78, 5) is 29.0. The van der Waals surface area contributed by atoms with Crippen LogP contribution in [0.4, 0.5) is 5.69 Å². The number of benzene rings is 1. The van der Waals surface area contributed by atoms with Gasteiger partial charge in [-0.25, -0.2) is 0 Å². The molecule has 0 aromatic heterocycles. The van der Waals surface area contributed by atoms with Crippen LogP contribution in [0.15, 0.2) is 35.3 Å². The van der Waals surface area contributed by atoms with E-state index in [1.165, 1.54) is 11.8 Å².